The first-order chi connectivity index (χ1) is 8.74. The van der Waals surface area contributed by atoms with Gasteiger partial charge in [0.15, 0.2) is 0 Å². The lowest BCUT2D eigenvalue weighted by Crippen LogP contribution is -2.46. The van der Waals surface area contributed by atoms with Gasteiger partial charge < -0.3 is 20.1 Å². The second-order valence-corrected chi connectivity index (χ2v) is 5.55. The maximum atomic E-state index is 3.40. The summed E-state index contributed by atoms with van der Waals surface area (Å²) >= 11 is 0. The molecule has 2 rings (SSSR count). The van der Waals surface area contributed by atoms with E-state index in [1.165, 1.54) is 25.3 Å². The zero-order chi connectivity index (χ0) is 12.8. The molecule has 0 bridgehead atoms. The number of aromatic amines is 1. The molecule has 1 unspecified atom stereocenters. The van der Waals surface area contributed by atoms with Gasteiger partial charge >= 0.3 is 0 Å². The first-order valence-electron chi connectivity index (χ1n) is 6.98. The lowest BCUT2D eigenvalue weighted by molar-refractivity contribution is 0.181. The normalized spacial score (nSPS) is 19.3. The monoisotopic (exact) mass is 250 g/mol. The quantitative estimate of drug-likeness (QED) is 0.790. The van der Waals surface area contributed by atoms with E-state index in [2.05, 4.69) is 46.2 Å². The maximum Gasteiger partial charge on any atom is 0.0382 e. The van der Waals surface area contributed by atoms with Crippen molar-refractivity contribution in [3.8, 4) is 0 Å². The van der Waals surface area contributed by atoms with Crippen molar-refractivity contribution < 1.29 is 0 Å². The molecule has 0 aromatic carbocycles. The lowest BCUT2D eigenvalue weighted by atomic mass is 10.1. The van der Waals surface area contributed by atoms with Gasteiger partial charge in [-0.1, -0.05) is 6.92 Å². The van der Waals surface area contributed by atoms with Gasteiger partial charge in [-0.05, 0) is 25.1 Å². The Morgan fingerprint density at radius 2 is 2.17 bits per heavy atom. The molecule has 1 atom stereocenters. The number of nitrogens with zero attached hydrogens (tertiary/aromatic N) is 2. The van der Waals surface area contributed by atoms with Gasteiger partial charge in [0, 0.05) is 57.7 Å². The van der Waals surface area contributed by atoms with E-state index in [0.29, 0.717) is 0 Å². The summed E-state index contributed by atoms with van der Waals surface area (Å²) in [7, 11) is 2.20. The zero-order valence-corrected chi connectivity index (χ0v) is 11.7. The number of piperazine rings is 1. The highest BCUT2D eigenvalue weighted by Gasteiger charge is 2.14. The van der Waals surface area contributed by atoms with Crippen molar-refractivity contribution in [3.05, 3.63) is 24.0 Å². The molecule has 2 heterocycles. The van der Waals surface area contributed by atoms with Crippen molar-refractivity contribution >= 4 is 0 Å². The van der Waals surface area contributed by atoms with Crippen molar-refractivity contribution in [1.82, 2.24) is 20.1 Å². The van der Waals surface area contributed by atoms with Gasteiger partial charge in [-0.3, -0.25) is 0 Å². The van der Waals surface area contributed by atoms with Crippen LogP contribution in [0.2, 0.25) is 0 Å². The van der Waals surface area contributed by atoms with Crippen LogP contribution in [0.4, 0.5) is 0 Å². The molecule has 0 saturated carbocycles. The predicted molar refractivity (Wildman–Crippen MR) is 75.6 cm³/mol. The number of nitrogens with one attached hydrogen (secondary N) is 2. The maximum absolute atomic E-state index is 3.40. The van der Waals surface area contributed by atoms with Gasteiger partial charge in [0.2, 0.25) is 0 Å². The van der Waals surface area contributed by atoms with E-state index in [-0.39, 0.29) is 0 Å². The van der Waals surface area contributed by atoms with E-state index in [9.17, 15) is 0 Å². The van der Waals surface area contributed by atoms with Gasteiger partial charge in [0.1, 0.15) is 0 Å². The first kappa shape index (κ1) is 13.6. The van der Waals surface area contributed by atoms with Crippen molar-refractivity contribution in [2.75, 3.05) is 46.3 Å². The summed E-state index contributed by atoms with van der Waals surface area (Å²) in [5, 5.41) is 3.40. The van der Waals surface area contributed by atoms with Crippen LogP contribution in [0.15, 0.2) is 18.3 Å². The third-order valence-electron chi connectivity index (χ3n) is 3.51. The standard InChI is InChI=1S/C14H26N4/c1-13(11-18-8-6-15-7-9-18)10-17(2)12-14-4-3-5-16-14/h3-5,13,15-16H,6-12H2,1-2H3. The van der Waals surface area contributed by atoms with E-state index in [1.54, 1.807) is 0 Å². The average Bonchev–Trinajstić information content (AvgIpc) is 2.82. The molecule has 18 heavy (non-hydrogen) atoms. The molecular weight excluding hydrogens is 224 g/mol. The molecule has 1 aromatic heterocycles. The minimum atomic E-state index is 0.725. The molecule has 1 fully saturated rings. The fourth-order valence-corrected chi connectivity index (χ4v) is 2.75. The number of rotatable bonds is 6. The molecule has 102 valence electrons. The third-order valence-corrected chi connectivity index (χ3v) is 3.51. The molecule has 0 aliphatic carbocycles. The molecule has 0 radical (unpaired) electrons. The fraction of sp³-hybridized carbons (Fsp3) is 0.714. The summed E-state index contributed by atoms with van der Waals surface area (Å²) in [6.45, 7) is 10.4. The Hall–Kier alpha value is -0.840. The van der Waals surface area contributed by atoms with Crippen LogP contribution in [0.25, 0.3) is 0 Å². The Morgan fingerprint density at radius 1 is 1.39 bits per heavy atom. The Labute approximate surface area is 110 Å². The van der Waals surface area contributed by atoms with Crippen LogP contribution < -0.4 is 5.32 Å². The third kappa shape index (κ3) is 4.44. The molecule has 1 aromatic rings. The molecule has 1 aliphatic rings. The average molecular weight is 250 g/mol. The highest BCUT2D eigenvalue weighted by atomic mass is 15.2. The van der Waals surface area contributed by atoms with E-state index in [0.717, 1.165) is 32.1 Å². The molecule has 0 amide bonds. The Morgan fingerprint density at radius 3 is 2.83 bits per heavy atom. The Balaban J connectivity index is 1.67. The minimum absolute atomic E-state index is 0.725. The van der Waals surface area contributed by atoms with Gasteiger partial charge in [-0.25, -0.2) is 0 Å². The highest BCUT2D eigenvalue weighted by molar-refractivity contribution is 5.03. The summed E-state index contributed by atoms with van der Waals surface area (Å²) in [5.74, 6) is 0.725. The van der Waals surface area contributed by atoms with Gasteiger partial charge in [0.05, 0.1) is 0 Å². The smallest absolute Gasteiger partial charge is 0.0382 e. The van der Waals surface area contributed by atoms with Crippen molar-refractivity contribution in [2.45, 2.75) is 13.5 Å². The summed E-state index contributed by atoms with van der Waals surface area (Å²) in [4.78, 5) is 8.24. The van der Waals surface area contributed by atoms with Gasteiger partial charge in [0.25, 0.3) is 0 Å². The molecular formula is C14H26N4. The Bertz CT molecular complexity index is 317. The number of hydrogen-bond donors (Lipinski definition) is 2. The Kier molecular flexibility index (Phi) is 5.23. The lowest BCUT2D eigenvalue weighted by Gasteiger charge is -2.31. The summed E-state index contributed by atoms with van der Waals surface area (Å²) < 4.78 is 0. The van der Waals surface area contributed by atoms with E-state index < -0.39 is 0 Å². The van der Waals surface area contributed by atoms with Gasteiger partial charge in [-0.2, -0.15) is 0 Å². The summed E-state index contributed by atoms with van der Waals surface area (Å²) in [5.41, 5.74) is 1.30. The second kappa shape index (κ2) is 6.92. The first-order valence-corrected chi connectivity index (χ1v) is 6.98. The van der Waals surface area contributed by atoms with Crippen LogP contribution in [0, 0.1) is 5.92 Å². The summed E-state index contributed by atoms with van der Waals surface area (Å²) in [6.07, 6.45) is 1.99. The molecule has 4 nitrogen and oxygen atoms in total. The second-order valence-electron chi connectivity index (χ2n) is 5.55. The van der Waals surface area contributed by atoms with Crippen molar-refractivity contribution in [2.24, 2.45) is 5.92 Å². The van der Waals surface area contributed by atoms with Crippen LogP contribution in [-0.4, -0.2) is 61.1 Å². The molecule has 2 N–H and O–H groups in total. The molecule has 0 spiro atoms. The minimum Gasteiger partial charge on any atom is -0.364 e. The molecule has 1 saturated heterocycles. The molecule has 1 aliphatic heterocycles. The van der Waals surface area contributed by atoms with E-state index in [1.807, 2.05) is 6.20 Å². The van der Waals surface area contributed by atoms with E-state index in [4.69, 9.17) is 0 Å². The van der Waals surface area contributed by atoms with Crippen LogP contribution in [-0.2, 0) is 6.54 Å². The van der Waals surface area contributed by atoms with Crippen LogP contribution >= 0.6 is 0 Å². The fourth-order valence-electron chi connectivity index (χ4n) is 2.75. The van der Waals surface area contributed by atoms with Crippen molar-refractivity contribution in [3.63, 3.8) is 0 Å². The number of H-pyrrole nitrogens is 1. The van der Waals surface area contributed by atoms with Crippen LogP contribution in [0.5, 0.6) is 0 Å². The highest BCUT2D eigenvalue weighted by Crippen LogP contribution is 2.06. The topological polar surface area (TPSA) is 34.3 Å². The summed E-state index contributed by atoms with van der Waals surface area (Å²) in [6, 6.07) is 4.21. The van der Waals surface area contributed by atoms with E-state index >= 15 is 0 Å². The number of aromatic nitrogens is 1. The van der Waals surface area contributed by atoms with Crippen LogP contribution in [0.1, 0.15) is 12.6 Å². The molecule has 4 heteroatoms. The van der Waals surface area contributed by atoms with Crippen LogP contribution in [0.3, 0.4) is 0 Å². The SMILES string of the molecule is CC(CN(C)Cc1ccc[nH]1)CN1CCNCC1. The van der Waals surface area contributed by atoms with Crippen molar-refractivity contribution in [1.29, 1.82) is 0 Å². The zero-order valence-electron chi connectivity index (χ0n) is 11.7. The van der Waals surface area contributed by atoms with Gasteiger partial charge in [-0.15, -0.1) is 0 Å². The number of hydrogen-bond acceptors (Lipinski definition) is 3. The largest absolute Gasteiger partial charge is 0.364 e. The predicted octanol–water partition coefficient (Wildman–Crippen LogP) is 0.988.